The van der Waals surface area contributed by atoms with Crippen LogP contribution in [0.5, 0.6) is 0 Å². The van der Waals surface area contributed by atoms with Crippen molar-refractivity contribution in [2.75, 3.05) is 0 Å². The first-order chi connectivity index (χ1) is 4.70. The predicted molar refractivity (Wildman–Crippen MR) is 44.1 cm³/mol. The topological polar surface area (TPSA) is 12.9 Å². The van der Waals surface area contributed by atoms with Crippen molar-refractivity contribution in [3.8, 4) is 0 Å². The van der Waals surface area contributed by atoms with E-state index in [4.69, 9.17) is 23.2 Å². The largest absolute Gasteiger partial charge is 0.255 e. The van der Waals surface area contributed by atoms with Gasteiger partial charge in [-0.2, -0.15) is 0 Å². The highest BCUT2D eigenvalue weighted by Gasteiger charge is 1.95. The Morgan fingerprint density at radius 3 is 2.70 bits per heavy atom. The molecule has 0 N–H and O–H groups in total. The SMILES string of the molecule is C=C(Cl)c1cc(Cl)ccn1. The van der Waals surface area contributed by atoms with Crippen molar-refractivity contribution in [2.24, 2.45) is 0 Å². The molecule has 0 aliphatic rings. The van der Waals surface area contributed by atoms with Crippen molar-refractivity contribution in [1.29, 1.82) is 0 Å². The minimum Gasteiger partial charge on any atom is -0.255 e. The molecule has 3 heteroatoms. The Hall–Kier alpha value is -0.530. The van der Waals surface area contributed by atoms with Crippen molar-refractivity contribution < 1.29 is 0 Å². The lowest BCUT2D eigenvalue weighted by Gasteiger charge is -1.94. The first kappa shape index (κ1) is 7.58. The molecule has 1 rings (SSSR count). The Morgan fingerprint density at radius 2 is 2.30 bits per heavy atom. The van der Waals surface area contributed by atoms with Gasteiger partial charge in [-0.15, -0.1) is 0 Å². The monoisotopic (exact) mass is 173 g/mol. The van der Waals surface area contributed by atoms with E-state index >= 15 is 0 Å². The maximum absolute atomic E-state index is 5.65. The number of hydrogen-bond acceptors (Lipinski definition) is 1. The summed E-state index contributed by atoms with van der Waals surface area (Å²) in [7, 11) is 0. The minimum atomic E-state index is 0.405. The standard InChI is InChI=1S/C7H5Cl2N/c1-5(8)7-4-6(9)2-3-10-7/h2-4H,1H2. The quantitative estimate of drug-likeness (QED) is 0.637. The summed E-state index contributed by atoms with van der Waals surface area (Å²) in [6.45, 7) is 3.51. The highest BCUT2D eigenvalue weighted by molar-refractivity contribution is 6.48. The highest BCUT2D eigenvalue weighted by atomic mass is 35.5. The molecule has 0 bridgehead atoms. The first-order valence-corrected chi connectivity index (χ1v) is 3.42. The van der Waals surface area contributed by atoms with Gasteiger partial charge in [-0.25, -0.2) is 0 Å². The Labute approximate surface area is 69.3 Å². The van der Waals surface area contributed by atoms with Gasteiger partial charge in [0.25, 0.3) is 0 Å². The summed E-state index contributed by atoms with van der Waals surface area (Å²) < 4.78 is 0. The van der Waals surface area contributed by atoms with E-state index in [0.29, 0.717) is 15.7 Å². The van der Waals surface area contributed by atoms with Crippen LogP contribution in [0.1, 0.15) is 5.69 Å². The van der Waals surface area contributed by atoms with Gasteiger partial charge in [-0.3, -0.25) is 4.98 Å². The normalized spacial score (nSPS) is 9.40. The molecular weight excluding hydrogens is 169 g/mol. The maximum atomic E-state index is 5.65. The summed E-state index contributed by atoms with van der Waals surface area (Å²) in [5, 5.41) is 1.02. The van der Waals surface area contributed by atoms with E-state index in [1.165, 1.54) is 0 Å². The highest BCUT2D eigenvalue weighted by Crippen LogP contribution is 2.16. The lowest BCUT2D eigenvalue weighted by atomic mass is 10.3. The third-order valence-corrected chi connectivity index (χ3v) is 1.43. The maximum Gasteiger partial charge on any atom is 0.0824 e. The molecule has 0 atom stereocenters. The second-order valence-electron chi connectivity index (χ2n) is 1.76. The fourth-order valence-electron chi connectivity index (χ4n) is 0.553. The van der Waals surface area contributed by atoms with Gasteiger partial charge >= 0.3 is 0 Å². The summed E-state index contributed by atoms with van der Waals surface area (Å²) in [6, 6.07) is 3.35. The lowest BCUT2D eigenvalue weighted by molar-refractivity contribution is 1.29. The van der Waals surface area contributed by atoms with E-state index in [1.54, 1.807) is 18.3 Å². The third-order valence-electron chi connectivity index (χ3n) is 1.000. The van der Waals surface area contributed by atoms with Gasteiger partial charge in [0.1, 0.15) is 0 Å². The van der Waals surface area contributed by atoms with E-state index in [1.807, 2.05) is 0 Å². The Bertz CT molecular complexity index is 258. The van der Waals surface area contributed by atoms with Gasteiger partial charge in [0, 0.05) is 11.2 Å². The lowest BCUT2D eigenvalue weighted by Crippen LogP contribution is -1.80. The molecule has 0 aliphatic carbocycles. The molecule has 1 heterocycles. The summed E-state index contributed by atoms with van der Waals surface area (Å²) in [5.74, 6) is 0. The van der Waals surface area contributed by atoms with Crippen molar-refractivity contribution >= 4 is 28.2 Å². The number of halogens is 2. The van der Waals surface area contributed by atoms with E-state index in [0.717, 1.165) is 0 Å². The zero-order chi connectivity index (χ0) is 7.56. The second kappa shape index (κ2) is 3.04. The molecule has 0 spiro atoms. The first-order valence-electron chi connectivity index (χ1n) is 2.66. The second-order valence-corrected chi connectivity index (χ2v) is 2.66. The molecule has 0 saturated heterocycles. The van der Waals surface area contributed by atoms with Gasteiger partial charge in [0.15, 0.2) is 0 Å². The molecule has 0 radical (unpaired) electrons. The van der Waals surface area contributed by atoms with E-state index in [-0.39, 0.29) is 0 Å². The fraction of sp³-hybridized carbons (Fsp3) is 0. The number of nitrogens with zero attached hydrogens (tertiary/aromatic N) is 1. The third kappa shape index (κ3) is 1.72. The molecule has 10 heavy (non-hydrogen) atoms. The number of pyridine rings is 1. The molecule has 52 valence electrons. The van der Waals surface area contributed by atoms with Crippen LogP contribution in [0.3, 0.4) is 0 Å². The number of aromatic nitrogens is 1. The Balaban J connectivity index is 3.07. The van der Waals surface area contributed by atoms with Gasteiger partial charge in [-0.05, 0) is 12.1 Å². The molecule has 0 unspecified atom stereocenters. The minimum absolute atomic E-state index is 0.405. The molecule has 0 amide bonds. The van der Waals surface area contributed by atoms with Crippen LogP contribution in [0, 0.1) is 0 Å². The van der Waals surface area contributed by atoms with Crippen molar-refractivity contribution in [1.82, 2.24) is 4.98 Å². The zero-order valence-electron chi connectivity index (χ0n) is 5.14. The molecule has 1 aromatic rings. The average Bonchev–Trinajstić information content (AvgIpc) is 1.88. The van der Waals surface area contributed by atoms with Crippen LogP contribution in [-0.2, 0) is 0 Å². The molecule has 1 nitrogen and oxygen atoms in total. The molecule has 0 aromatic carbocycles. The molecule has 0 aliphatic heterocycles. The van der Waals surface area contributed by atoms with Crippen LogP contribution in [0.15, 0.2) is 24.9 Å². The van der Waals surface area contributed by atoms with Crippen LogP contribution >= 0.6 is 23.2 Å². The van der Waals surface area contributed by atoms with Gasteiger partial charge in [0.2, 0.25) is 0 Å². The van der Waals surface area contributed by atoms with Crippen LogP contribution in [-0.4, -0.2) is 4.98 Å². The molecule has 0 saturated carbocycles. The molecule has 0 fully saturated rings. The van der Waals surface area contributed by atoms with E-state index in [9.17, 15) is 0 Å². The Morgan fingerprint density at radius 1 is 1.60 bits per heavy atom. The smallest absolute Gasteiger partial charge is 0.0824 e. The number of hydrogen-bond donors (Lipinski definition) is 0. The van der Waals surface area contributed by atoms with E-state index < -0.39 is 0 Å². The van der Waals surface area contributed by atoms with Crippen LogP contribution < -0.4 is 0 Å². The molecule has 1 aromatic heterocycles. The fourth-order valence-corrected chi connectivity index (χ4v) is 0.816. The van der Waals surface area contributed by atoms with Gasteiger partial charge in [-0.1, -0.05) is 29.8 Å². The molecular formula is C7H5Cl2N. The van der Waals surface area contributed by atoms with Crippen LogP contribution in [0.2, 0.25) is 5.02 Å². The predicted octanol–water partition coefficient (Wildman–Crippen LogP) is 2.94. The van der Waals surface area contributed by atoms with Gasteiger partial charge < -0.3 is 0 Å². The van der Waals surface area contributed by atoms with Crippen molar-refractivity contribution in [3.63, 3.8) is 0 Å². The summed E-state index contributed by atoms with van der Waals surface area (Å²) >= 11 is 11.2. The van der Waals surface area contributed by atoms with Crippen LogP contribution in [0.4, 0.5) is 0 Å². The average molecular weight is 174 g/mol. The number of rotatable bonds is 1. The summed E-state index contributed by atoms with van der Waals surface area (Å²) in [4.78, 5) is 3.92. The van der Waals surface area contributed by atoms with Crippen LogP contribution in [0.25, 0.3) is 5.03 Å². The van der Waals surface area contributed by atoms with Crippen molar-refractivity contribution in [2.45, 2.75) is 0 Å². The van der Waals surface area contributed by atoms with E-state index in [2.05, 4.69) is 11.6 Å². The van der Waals surface area contributed by atoms with Gasteiger partial charge in [0.05, 0.1) is 10.7 Å². The zero-order valence-corrected chi connectivity index (χ0v) is 6.65. The van der Waals surface area contributed by atoms with Crippen molar-refractivity contribution in [3.05, 3.63) is 35.6 Å². The Kier molecular flexibility index (Phi) is 2.30. The summed E-state index contributed by atoms with van der Waals surface area (Å²) in [6.07, 6.45) is 1.59. The summed E-state index contributed by atoms with van der Waals surface area (Å²) in [5.41, 5.74) is 0.620.